The molecule has 0 saturated carbocycles. The third kappa shape index (κ3) is 2.44. The van der Waals surface area contributed by atoms with Gasteiger partial charge in [0.15, 0.2) is 0 Å². The van der Waals surface area contributed by atoms with E-state index in [-0.39, 0.29) is 5.56 Å². The molecule has 2 N–H and O–H groups in total. The van der Waals surface area contributed by atoms with E-state index in [0.29, 0.717) is 17.3 Å². The van der Waals surface area contributed by atoms with Gasteiger partial charge < -0.3 is 10.3 Å². The third-order valence-corrected chi connectivity index (χ3v) is 2.52. The fraction of sp³-hybridized carbons (Fsp3) is 0.0833. The van der Waals surface area contributed by atoms with Gasteiger partial charge in [0, 0.05) is 23.0 Å². The van der Waals surface area contributed by atoms with Gasteiger partial charge in [0.2, 0.25) is 0 Å². The van der Waals surface area contributed by atoms with Crippen LogP contribution in [0.1, 0.15) is 5.56 Å². The molecule has 0 bridgehead atoms. The van der Waals surface area contributed by atoms with Gasteiger partial charge in [-0.15, -0.1) is 0 Å². The van der Waals surface area contributed by atoms with Crippen LogP contribution in [0.4, 0.5) is 5.69 Å². The SMILES string of the molecule is Nc1ccc(=O)n(Cc2ccc(Cl)cc2)c1. The van der Waals surface area contributed by atoms with Crippen LogP contribution in [0.25, 0.3) is 0 Å². The Bertz CT molecular complexity index is 546. The summed E-state index contributed by atoms with van der Waals surface area (Å²) in [6.07, 6.45) is 1.64. The molecule has 0 radical (unpaired) electrons. The summed E-state index contributed by atoms with van der Waals surface area (Å²) in [6, 6.07) is 10.4. The molecule has 0 aliphatic carbocycles. The zero-order valence-corrected chi connectivity index (χ0v) is 9.32. The smallest absolute Gasteiger partial charge is 0.250 e. The highest BCUT2D eigenvalue weighted by Crippen LogP contribution is 2.10. The second-order valence-electron chi connectivity index (χ2n) is 3.56. The van der Waals surface area contributed by atoms with Crippen molar-refractivity contribution in [3.63, 3.8) is 0 Å². The van der Waals surface area contributed by atoms with Crippen LogP contribution >= 0.6 is 11.6 Å². The first kappa shape index (κ1) is 10.8. The van der Waals surface area contributed by atoms with Gasteiger partial charge in [-0.3, -0.25) is 4.79 Å². The van der Waals surface area contributed by atoms with Crippen molar-refractivity contribution in [2.45, 2.75) is 6.54 Å². The quantitative estimate of drug-likeness (QED) is 0.866. The minimum Gasteiger partial charge on any atom is -0.398 e. The summed E-state index contributed by atoms with van der Waals surface area (Å²) in [7, 11) is 0. The van der Waals surface area contributed by atoms with Crippen LogP contribution in [0, 0.1) is 0 Å². The lowest BCUT2D eigenvalue weighted by Crippen LogP contribution is -2.19. The van der Waals surface area contributed by atoms with Crippen LogP contribution in [0.5, 0.6) is 0 Å². The molecule has 82 valence electrons. The van der Waals surface area contributed by atoms with E-state index in [4.69, 9.17) is 17.3 Å². The summed E-state index contributed by atoms with van der Waals surface area (Å²) in [4.78, 5) is 11.5. The normalized spacial score (nSPS) is 10.3. The molecule has 1 aromatic heterocycles. The molecule has 2 rings (SSSR count). The van der Waals surface area contributed by atoms with Crippen molar-refractivity contribution in [1.82, 2.24) is 4.57 Å². The summed E-state index contributed by atoms with van der Waals surface area (Å²) in [5.41, 5.74) is 7.15. The Labute approximate surface area is 98.1 Å². The van der Waals surface area contributed by atoms with Crippen LogP contribution in [0.2, 0.25) is 5.02 Å². The first-order valence-corrected chi connectivity index (χ1v) is 5.23. The minimum atomic E-state index is -0.0656. The molecule has 1 aromatic carbocycles. The van der Waals surface area contributed by atoms with E-state index in [1.54, 1.807) is 29.0 Å². The molecular formula is C12H11ClN2O. The number of rotatable bonds is 2. The Morgan fingerprint density at radius 2 is 1.81 bits per heavy atom. The van der Waals surface area contributed by atoms with Gasteiger partial charge in [-0.25, -0.2) is 0 Å². The van der Waals surface area contributed by atoms with Gasteiger partial charge in [-0.2, -0.15) is 0 Å². The maximum atomic E-state index is 11.5. The molecule has 0 fully saturated rings. The van der Waals surface area contributed by atoms with Crippen LogP contribution in [-0.4, -0.2) is 4.57 Å². The summed E-state index contributed by atoms with van der Waals surface area (Å²) in [5.74, 6) is 0. The Morgan fingerprint density at radius 1 is 1.12 bits per heavy atom. The molecule has 1 heterocycles. The zero-order valence-electron chi connectivity index (χ0n) is 8.56. The maximum Gasteiger partial charge on any atom is 0.250 e. The van der Waals surface area contributed by atoms with Crippen LogP contribution in [-0.2, 0) is 6.54 Å². The number of nitrogens with zero attached hydrogens (tertiary/aromatic N) is 1. The number of benzene rings is 1. The molecule has 0 aliphatic rings. The predicted octanol–water partition coefficient (Wildman–Crippen LogP) is 2.13. The summed E-state index contributed by atoms with van der Waals surface area (Å²) in [5, 5.41) is 0.684. The van der Waals surface area contributed by atoms with Crippen LogP contribution in [0.3, 0.4) is 0 Å². The van der Waals surface area contributed by atoms with Crippen LogP contribution in [0.15, 0.2) is 47.4 Å². The van der Waals surface area contributed by atoms with E-state index in [1.807, 2.05) is 12.1 Å². The molecule has 0 saturated heterocycles. The summed E-state index contributed by atoms with van der Waals surface area (Å²) >= 11 is 5.78. The van der Waals surface area contributed by atoms with Crippen molar-refractivity contribution in [3.8, 4) is 0 Å². The van der Waals surface area contributed by atoms with Crippen molar-refractivity contribution < 1.29 is 0 Å². The van der Waals surface area contributed by atoms with E-state index in [9.17, 15) is 4.79 Å². The van der Waals surface area contributed by atoms with Gasteiger partial charge in [-0.1, -0.05) is 23.7 Å². The predicted molar refractivity (Wildman–Crippen MR) is 65.7 cm³/mol. The highest BCUT2D eigenvalue weighted by atomic mass is 35.5. The van der Waals surface area contributed by atoms with Gasteiger partial charge in [-0.05, 0) is 23.8 Å². The topological polar surface area (TPSA) is 48.0 Å². The molecule has 0 atom stereocenters. The number of hydrogen-bond acceptors (Lipinski definition) is 2. The zero-order chi connectivity index (χ0) is 11.5. The van der Waals surface area contributed by atoms with Crippen LogP contribution < -0.4 is 11.3 Å². The van der Waals surface area contributed by atoms with Gasteiger partial charge in [0.1, 0.15) is 0 Å². The van der Waals surface area contributed by atoms with E-state index in [0.717, 1.165) is 5.56 Å². The number of hydrogen-bond donors (Lipinski definition) is 1. The van der Waals surface area contributed by atoms with Gasteiger partial charge in [0.25, 0.3) is 5.56 Å². The average Bonchev–Trinajstić information content (AvgIpc) is 2.27. The molecular weight excluding hydrogens is 224 g/mol. The lowest BCUT2D eigenvalue weighted by Gasteiger charge is -2.06. The van der Waals surface area contributed by atoms with Gasteiger partial charge >= 0.3 is 0 Å². The number of halogens is 1. The molecule has 2 aromatic rings. The summed E-state index contributed by atoms with van der Waals surface area (Å²) < 4.78 is 1.57. The largest absolute Gasteiger partial charge is 0.398 e. The Balaban J connectivity index is 2.30. The molecule has 16 heavy (non-hydrogen) atoms. The number of nitrogens with two attached hydrogens (primary N) is 1. The lowest BCUT2D eigenvalue weighted by atomic mass is 10.2. The fourth-order valence-corrected chi connectivity index (χ4v) is 1.59. The molecule has 3 nitrogen and oxygen atoms in total. The third-order valence-electron chi connectivity index (χ3n) is 2.27. The maximum absolute atomic E-state index is 11.5. The fourth-order valence-electron chi connectivity index (χ4n) is 1.46. The van der Waals surface area contributed by atoms with Crippen molar-refractivity contribution in [1.29, 1.82) is 0 Å². The van der Waals surface area contributed by atoms with Crippen molar-refractivity contribution in [3.05, 3.63) is 63.5 Å². The number of pyridine rings is 1. The Kier molecular flexibility index (Phi) is 2.97. The second kappa shape index (κ2) is 4.41. The summed E-state index contributed by atoms with van der Waals surface area (Å²) in [6.45, 7) is 0.501. The minimum absolute atomic E-state index is 0.0656. The molecule has 0 unspecified atom stereocenters. The molecule has 0 spiro atoms. The van der Waals surface area contributed by atoms with E-state index in [2.05, 4.69) is 0 Å². The molecule has 4 heteroatoms. The standard InChI is InChI=1S/C12H11ClN2O/c13-10-3-1-9(2-4-10)7-15-8-11(14)5-6-12(15)16/h1-6,8H,7,14H2. The van der Waals surface area contributed by atoms with E-state index < -0.39 is 0 Å². The lowest BCUT2D eigenvalue weighted by molar-refractivity contribution is 0.761. The molecule has 0 aliphatic heterocycles. The number of anilines is 1. The average molecular weight is 235 g/mol. The van der Waals surface area contributed by atoms with Crippen molar-refractivity contribution in [2.75, 3.05) is 5.73 Å². The van der Waals surface area contributed by atoms with Gasteiger partial charge in [0.05, 0.1) is 6.54 Å². The monoisotopic (exact) mass is 234 g/mol. The van der Waals surface area contributed by atoms with Crippen molar-refractivity contribution >= 4 is 17.3 Å². The highest BCUT2D eigenvalue weighted by molar-refractivity contribution is 6.30. The first-order chi connectivity index (χ1) is 7.65. The van der Waals surface area contributed by atoms with E-state index >= 15 is 0 Å². The van der Waals surface area contributed by atoms with E-state index in [1.165, 1.54) is 6.07 Å². The highest BCUT2D eigenvalue weighted by Gasteiger charge is 1.98. The second-order valence-corrected chi connectivity index (χ2v) is 3.99. The van der Waals surface area contributed by atoms with Crippen molar-refractivity contribution in [2.24, 2.45) is 0 Å². The molecule has 0 amide bonds. The number of nitrogen functional groups attached to an aromatic ring is 1. The Hall–Kier alpha value is -1.74. The Morgan fingerprint density at radius 3 is 2.50 bits per heavy atom. The number of aromatic nitrogens is 1. The first-order valence-electron chi connectivity index (χ1n) is 4.85.